The SMILES string of the molecule is O=C1NC2CCC(S(=O)(=O)NCCN3CCCCC3)C3=C2c2c(cccc21)C3. The van der Waals surface area contributed by atoms with Crippen molar-refractivity contribution in [3.8, 4) is 0 Å². The summed E-state index contributed by atoms with van der Waals surface area (Å²) < 4.78 is 29.2. The van der Waals surface area contributed by atoms with Crippen LogP contribution in [0.4, 0.5) is 0 Å². The van der Waals surface area contributed by atoms with Crippen LogP contribution in [0.5, 0.6) is 0 Å². The number of benzene rings is 1. The molecule has 0 spiro atoms. The van der Waals surface area contributed by atoms with Gasteiger partial charge in [0.25, 0.3) is 5.91 Å². The van der Waals surface area contributed by atoms with E-state index in [9.17, 15) is 13.2 Å². The smallest absolute Gasteiger partial charge is 0.252 e. The summed E-state index contributed by atoms with van der Waals surface area (Å²) in [5.74, 6) is -0.0344. The zero-order valence-electron chi connectivity index (χ0n) is 16.0. The quantitative estimate of drug-likeness (QED) is 0.787. The van der Waals surface area contributed by atoms with Crippen molar-refractivity contribution >= 4 is 21.5 Å². The second-order valence-electron chi connectivity index (χ2n) is 8.39. The van der Waals surface area contributed by atoms with Gasteiger partial charge in [-0.1, -0.05) is 18.6 Å². The Labute approximate surface area is 166 Å². The zero-order chi connectivity index (χ0) is 19.3. The van der Waals surface area contributed by atoms with Crippen LogP contribution in [0.15, 0.2) is 23.8 Å². The lowest BCUT2D eigenvalue weighted by Gasteiger charge is -2.35. The predicted octanol–water partition coefficient (Wildman–Crippen LogP) is 1.68. The number of carbonyl (C=O) groups excluding carboxylic acids is 1. The summed E-state index contributed by atoms with van der Waals surface area (Å²) in [5.41, 5.74) is 4.85. The average molecular weight is 402 g/mol. The van der Waals surface area contributed by atoms with Gasteiger partial charge in [0.15, 0.2) is 0 Å². The van der Waals surface area contributed by atoms with E-state index in [2.05, 4.69) is 14.9 Å². The molecule has 0 bridgehead atoms. The Morgan fingerprint density at radius 2 is 1.96 bits per heavy atom. The van der Waals surface area contributed by atoms with Gasteiger partial charge in [-0.05, 0) is 73.5 Å². The first-order valence-electron chi connectivity index (χ1n) is 10.4. The summed E-state index contributed by atoms with van der Waals surface area (Å²) >= 11 is 0. The molecular weight excluding hydrogens is 374 g/mol. The lowest BCUT2D eigenvalue weighted by Crippen LogP contribution is -2.47. The highest BCUT2D eigenvalue weighted by Crippen LogP contribution is 2.46. The molecule has 150 valence electrons. The van der Waals surface area contributed by atoms with Gasteiger partial charge in [0.05, 0.1) is 11.3 Å². The van der Waals surface area contributed by atoms with E-state index in [1.807, 2.05) is 18.2 Å². The van der Waals surface area contributed by atoms with E-state index in [4.69, 9.17) is 0 Å². The molecule has 2 unspecified atom stereocenters. The molecule has 1 fully saturated rings. The van der Waals surface area contributed by atoms with Crippen LogP contribution in [-0.4, -0.2) is 56.7 Å². The maximum atomic E-state index is 13.1. The molecule has 0 radical (unpaired) electrons. The number of rotatable bonds is 5. The second kappa shape index (κ2) is 6.97. The van der Waals surface area contributed by atoms with E-state index in [0.717, 1.165) is 41.9 Å². The van der Waals surface area contributed by atoms with E-state index < -0.39 is 15.3 Å². The third kappa shape index (κ3) is 3.00. The van der Waals surface area contributed by atoms with Gasteiger partial charge in [-0.15, -0.1) is 0 Å². The molecule has 2 atom stereocenters. The molecular formula is C21H27N3O3S. The van der Waals surface area contributed by atoms with Gasteiger partial charge in [0.1, 0.15) is 0 Å². The number of sulfonamides is 1. The second-order valence-corrected chi connectivity index (χ2v) is 10.3. The van der Waals surface area contributed by atoms with Crippen molar-refractivity contribution in [2.75, 3.05) is 26.2 Å². The monoisotopic (exact) mass is 401 g/mol. The first-order valence-corrected chi connectivity index (χ1v) is 12.0. The molecule has 5 rings (SSSR count). The zero-order valence-corrected chi connectivity index (χ0v) is 16.9. The molecule has 4 aliphatic rings. The van der Waals surface area contributed by atoms with Crippen molar-refractivity contribution in [3.63, 3.8) is 0 Å². The van der Waals surface area contributed by atoms with Gasteiger partial charge >= 0.3 is 0 Å². The van der Waals surface area contributed by atoms with Crippen molar-refractivity contribution in [3.05, 3.63) is 40.5 Å². The normalized spacial score (nSPS) is 26.9. The first-order chi connectivity index (χ1) is 13.5. The van der Waals surface area contributed by atoms with Crippen LogP contribution >= 0.6 is 0 Å². The summed E-state index contributed by atoms with van der Waals surface area (Å²) in [6.07, 6.45) is 5.57. The molecule has 1 aromatic carbocycles. The van der Waals surface area contributed by atoms with Crippen LogP contribution in [0.25, 0.3) is 5.57 Å². The standard InChI is InChI=1S/C21H27N3O3S/c25-21-15-6-4-5-14-13-16-18(8-7-17(23-21)20(16)19(14)15)28(26,27)22-9-12-24-10-2-1-3-11-24/h4-6,17-18,22H,1-3,7-13H2,(H,23,25). The number of likely N-dealkylation sites (tertiary alicyclic amines) is 1. The summed E-state index contributed by atoms with van der Waals surface area (Å²) in [4.78, 5) is 14.8. The van der Waals surface area contributed by atoms with Gasteiger partial charge < -0.3 is 10.2 Å². The first kappa shape index (κ1) is 18.3. The Balaban J connectivity index is 1.37. The molecule has 0 saturated carbocycles. The van der Waals surface area contributed by atoms with Crippen LogP contribution < -0.4 is 10.0 Å². The van der Waals surface area contributed by atoms with E-state index >= 15 is 0 Å². The van der Waals surface area contributed by atoms with Crippen LogP contribution in [0.1, 0.15) is 53.6 Å². The molecule has 28 heavy (non-hydrogen) atoms. The third-order valence-corrected chi connectivity index (χ3v) is 8.58. The minimum absolute atomic E-state index is 0.0344. The number of nitrogens with zero attached hydrogens (tertiary/aromatic N) is 1. The van der Waals surface area contributed by atoms with Crippen molar-refractivity contribution in [2.24, 2.45) is 0 Å². The Bertz CT molecular complexity index is 948. The predicted molar refractivity (Wildman–Crippen MR) is 109 cm³/mol. The van der Waals surface area contributed by atoms with E-state index in [1.54, 1.807) is 0 Å². The third-order valence-electron chi connectivity index (χ3n) is 6.71. The number of amides is 1. The highest BCUT2D eigenvalue weighted by Gasteiger charge is 2.44. The fourth-order valence-corrected chi connectivity index (χ4v) is 7.00. The highest BCUT2D eigenvalue weighted by atomic mass is 32.2. The molecule has 2 aliphatic heterocycles. The number of hydrogen-bond acceptors (Lipinski definition) is 4. The lowest BCUT2D eigenvalue weighted by atomic mass is 9.83. The fourth-order valence-electron chi connectivity index (χ4n) is 5.39. The number of hydrogen-bond donors (Lipinski definition) is 2. The molecule has 2 aliphatic carbocycles. The highest BCUT2D eigenvalue weighted by molar-refractivity contribution is 7.90. The number of carbonyl (C=O) groups is 1. The van der Waals surface area contributed by atoms with Gasteiger partial charge in [-0.2, -0.15) is 0 Å². The van der Waals surface area contributed by atoms with Crippen LogP contribution in [0.2, 0.25) is 0 Å². The molecule has 2 N–H and O–H groups in total. The van der Waals surface area contributed by atoms with E-state index in [1.165, 1.54) is 19.3 Å². The minimum atomic E-state index is -3.43. The van der Waals surface area contributed by atoms with E-state index in [-0.39, 0.29) is 11.9 Å². The lowest BCUT2D eigenvalue weighted by molar-refractivity contribution is 0.0938. The maximum Gasteiger partial charge on any atom is 0.252 e. The molecule has 7 heteroatoms. The minimum Gasteiger partial charge on any atom is -0.345 e. The van der Waals surface area contributed by atoms with Gasteiger partial charge in [0, 0.05) is 18.7 Å². The van der Waals surface area contributed by atoms with Crippen molar-refractivity contribution in [1.82, 2.24) is 14.9 Å². The molecule has 1 amide bonds. The van der Waals surface area contributed by atoms with Crippen molar-refractivity contribution in [1.29, 1.82) is 0 Å². The van der Waals surface area contributed by atoms with Crippen molar-refractivity contribution < 1.29 is 13.2 Å². The Kier molecular flexibility index (Phi) is 4.56. The summed E-state index contributed by atoms with van der Waals surface area (Å²) in [5, 5.41) is 2.59. The average Bonchev–Trinajstić information content (AvgIpc) is 3.08. The summed E-state index contributed by atoms with van der Waals surface area (Å²) in [7, 11) is -3.43. The van der Waals surface area contributed by atoms with Gasteiger partial charge in [-0.25, -0.2) is 13.1 Å². The molecule has 0 aromatic heterocycles. The van der Waals surface area contributed by atoms with Gasteiger partial charge in [0.2, 0.25) is 10.0 Å². The van der Waals surface area contributed by atoms with Crippen molar-refractivity contribution in [2.45, 2.75) is 49.8 Å². The number of piperidine rings is 1. The van der Waals surface area contributed by atoms with E-state index in [0.29, 0.717) is 31.4 Å². The molecule has 1 aromatic rings. The molecule has 1 saturated heterocycles. The Morgan fingerprint density at radius 3 is 2.79 bits per heavy atom. The summed E-state index contributed by atoms with van der Waals surface area (Å²) in [6, 6.07) is 5.72. The Hall–Kier alpha value is -1.70. The fraction of sp³-hybridized carbons (Fsp3) is 0.571. The van der Waals surface area contributed by atoms with Crippen LogP contribution in [0.3, 0.4) is 0 Å². The van der Waals surface area contributed by atoms with Crippen LogP contribution in [-0.2, 0) is 16.4 Å². The van der Waals surface area contributed by atoms with Gasteiger partial charge in [-0.3, -0.25) is 4.79 Å². The van der Waals surface area contributed by atoms with Crippen LogP contribution in [0, 0.1) is 0 Å². The Morgan fingerprint density at radius 1 is 1.14 bits per heavy atom. The maximum absolute atomic E-state index is 13.1. The topological polar surface area (TPSA) is 78.5 Å². The number of nitrogens with one attached hydrogen (secondary N) is 2. The summed E-state index contributed by atoms with van der Waals surface area (Å²) in [6.45, 7) is 3.39. The largest absolute Gasteiger partial charge is 0.345 e. The molecule has 2 heterocycles. The molecule has 6 nitrogen and oxygen atoms in total.